The Balaban J connectivity index is 2.41. The molecule has 0 aliphatic carbocycles. The zero-order valence-corrected chi connectivity index (χ0v) is 11.2. The van der Waals surface area contributed by atoms with Crippen LogP contribution < -0.4 is 5.32 Å². The van der Waals surface area contributed by atoms with Crippen LogP contribution in [0.15, 0.2) is 0 Å². The summed E-state index contributed by atoms with van der Waals surface area (Å²) in [5.74, 6) is 0.712. The molecule has 0 radical (unpaired) electrons. The van der Waals surface area contributed by atoms with Crippen LogP contribution in [-0.2, 0) is 10.0 Å². The first kappa shape index (κ1) is 13.9. The molecule has 0 aromatic rings. The number of sulfonamides is 1. The van der Waals surface area contributed by atoms with Crippen LogP contribution in [0.3, 0.4) is 0 Å². The third-order valence-corrected chi connectivity index (χ3v) is 4.95. The lowest BCUT2D eigenvalue weighted by Gasteiger charge is -2.31. The first-order chi connectivity index (χ1) is 7.60. The Kier molecular flexibility index (Phi) is 5.72. The maximum atomic E-state index is 11.7. The van der Waals surface area contributed by atoms with Gasteiger partial charge in [-0.25, -0.2) is 12.7 Å². The van der Waals surface area contributed by atoms with Gasteiger partial charge in [0.25, 0.3) is 0 Å². The van der Waals surface area contributed by atoms with Crippen molar-refractivity contribution in [2.24, 2.45) is 5.92 Å². The summed E-state index contributed by atoms with van der Waals surface area (Å²) in [4.78, 5) is 0. The van der Waals surface area contributed by atoms with Gasteiger partial charge in [-0.1, -0.05) is 6.92 Å². The van der Waals surface area contributed by atoms with E-state index in [1.165, 1.54) is 0 Å². The van der Waals surface area contributed by atoms with E-state index in [1.54, 1.807) is 11.2 Å². The first-order valence-corrected chi connectivity index (χ1v) is 7.89. The summed E-state index contributed by atoms with van der Waals surface area (Å²) < 4.78 is 25.1. The molecule has 1 heterocycles. The van der Waals surface area contributed by atoms with Gasteiger partial charge in [0.05, 0.1) is 5.75 Å². The number of piperidine rings is 1. The minimum absolute atomic E-state index is 0.224. The van der Waals surface area contributed by atoms with Gasteiger partial charge in [0.2, 0.25) is 10.0 Å². The third kappa shape index (κ3) is 4.03. The van der Waals surface area contributed by atoms with Crippen LogP contribution >= 0.6 is 0 Å². The average Bonchev–Trinajstić information content (AvgIpc) is 2.30. The van der Waals surface area contributed by atoms with Crippen molar-refractivity contribution in [1.82, 2.24) is 9.62 Å². The zero-order chi connectivity index (χ0) is 12.0. The molecule has 0 saturated carbocycles. The Morgan fingerprint density at radius 2 is 2.12 bits per heavy atom. The van der Waals surface area contributed by atoms with E-state index in [0.717, 1.165) is 32.4 Å². The Morgan fingerprint density at radius 1 is 1.38 bits per heavy atom. The van der Waals surface area contributed by atoms with Gasteiger partial charge in [-0.3, -0.25) is 0 Å². The maximum absolute atomic E-state index is 11.7. The van der Waals surface area contributed by atoms with Crippen molar-refractivity contribution in [2.45, 2.75) is 33.1 Å². The van der Waals surface area contributed by atoms with Crippen LogP contribution in [0.4, 0.5) is 0 Å². The van der Waals surface area contributed by atoms with Gasteiger partial charge in [-0.05, 0) is 45.2 Å². The van der Waals surface area contributed by atoms with Gasteiger partial charge in [0.15, 0.2) is 0 Å². The van der Waals surface area contributed by atoms with Gasteiger partial charge in [-0.15, -0.1) is 0 Å². The summed E-state index contributed by atoms with van der Waals surface area (Å²) >= 11 is 0. The van der Waals surface area contributed by atoms with Crippen molar-refractivity contribution in [3.63, 3.8) is 0 Å². The van der Waals surface area contributed by atoms with Gasteiger partial charge < -0.3 is 5.32 Å². The summed E-state index contributed by atoms with van der Waals surface area (Å²) in [5, 5.41) is 3.37. The highest BCUT2D eigenvalue weighted by Gasteiger charge is 2.27. The molecular weight excluding hydrogens is 224 g/mol. The number of nitrogens with one attached hydrogen (secondary N) is 1. The highest BCUT2D eigenvalue weighted by Crippen LogP contribution is 2.18. The average molecular weight is 248 g/mol. The summed E-state index contributed by atoms with van der Waals surface area (Å²) in [6, 6.07) is 0. The Hall–Kier alpha value is -0.130. The van der Waals surface area contributed by atoms with Crippen molar-refractivity contribution in [1.29, 1.82) is 0 Å². The molecule has 1 N–H and O–H groups in total. The lowest BCUT2D eigenvalue weighted by Crippen LogP contribution is -2.43. The Morgan fingerprint density at radius 3 is 2.75 bits per heavy atom. The van der Waals surface area contributed by atoms with Crippen LogP contribution in [0.2, 0.25) is 0 Å². The molecule has 16 heavy (non-hydrogen) atoms. The molecule has 0 aromatic carbocycles. The van der Waals surface area contributed by atoms with Crippen LogP contribution in [0.5, 0.6) is 0 Å². The van der Waals surface area contributed by atoms with Gasteiger partial charge in [0, 0.05) is 13.1 Å². The van der Waals surface area contributed by atoms with E-state index < -0.39 is 10.0 Å². The second kappa shape index (κ2) is 6.57. The van der Waals surface area contributed by atoms with Gasteiger partial charge in [0.1, 0.15) is 0 Å². The Labute approximate surface area is 99.5 Å². The third-order valence-electron chi connectivity index (χ3n) is 3.10. The van der Waals surface area contributed by atoms with E-state index in [2.05, 4.69) is 12.2 Å². The minimum Gasteiger partial charge on any atom is -0.316 e. The maximum Gasteiger partial charge on any atom is 0.213 e. The number of hydrogen-bond acceptors (Lipinski definition) is 3. The van der Waals surface area contributed by atoms with Crippen molar-refractivity contribution in [2.75, 3.05) is 31.9 Å². The largest absolute Gasteiger partial charge is 0.316 e. The van der Waals surface area contributed by atoms with Crippen LogP contribution in [0.1, 0.15) is 33.1 Å². The molecule has 0 aromatic heterocycles. The van der Waals surface area contributed by atoms with E-state index in [1.807, 2.05) is 0 Å². The molecule has 5 heteroatoms. The molecule has 1 fully saturated rings. The fraction of sp³-hybridized carbons (Fsp3) is 1.00. The van der Waals surface area contributed by atoms with E-state index in [9.17, 15) is 8.42 Å². The molecular formula is C11H24N2O2S. The van der Waals surface area contributed by atoms with E-state index in [4.69, 9.17) is 0 Å². The standard InChI is InChI=1S/C11H24N2O2S/c1-3-7-12-9-11-6-5-8-13(10-11)16(14,15)4-2/h11-12H,3-10H2,1-2H3. The van der Waals surface area contributed by atoms with Crippen molar-refractivity contribution in [3.8, 4) is 0 Å². The van der Waals surface area contributed by atoms with Crippen LogP contribution in [0.25, 0.3) is 0 Å². The molecule has 1 unspecified atom stereocenters. The van der Waals surface area contributed by atoms with E-state index in [0.29, 0.717) is 19.0 Å². The lowest BCUT2D eigenvalue weighted by atomic mass is 10.00. The highest BCUT2D eigenvalue weighted by molar-refractivity contribution is 7.89. The SMILES string of the molecule is CCCNCC1CCCN(S(=O)(=O)CC)C1. The minimum atomic E-state index is -2.98. The number of hydrogen-bond donors (Lipinski definition) is 1. The normalized spacial score (nSPS) is 23.5. The highest BCUT2D eigenvalue weighted by atomic mass is 32.2. The fourth-order valence-corrected chi connectivity index (χ4v) is 3.32. The number of rotatable bonds is 6. The zero-order valence-electron chi connectivity index (χ0n) is 10.4. The van der Waals surface area contributed by atoms with Crippen LogP contribution in [0, 0.1) is 5.92 Å². The molecule has 1 aliphatic rings. The van der Waals surface area contributed by atoms with E-state index in [-0.39, 0.29) is 5.75 Å². The molecule has 1 saturated heterocycles. The summed E-state index contributed by atoms with van der Waals surface area (Å²) in [5.41, 5.74) is 0. The molecule has 0 spiro atoms. The topological polar surface area (TPSA) is 49.4 Å². The fourth-order valence-electron chi connectivity index (χ4n) is 2.11. The first-order valence-electron chi connectivity index (χ1n) is 6.28. The second-order valence-corrected chi connectivity index (χ2v) is 6.73. The molecule has 1 aliphatic heterocycles. The molecule has 1 rings (SSSR count). The van der Waals surface area contributed by atoms with Gasteiger partial charge >= 0.3 is 0 Å². The molecule has 0 amide bonds. The molecule has 0 bridgehead atoms. The smallest absolute Gasteiger partial charge is 0.213 e. The monoisotopic (exact) mass is 248 g/mol. The van der Waals surface area contributed by atoms with Crippen molar-refractivity contribution < 1.29 is 8.42 Å². The predicted octanol–water partition coefficient (Wildman–Crippen LogP) is 1.05. The van der Waals surface area contributed by atoms with Crippen molar-refractivity contribution >= 4 is 10.0 Å². The summed E-state index contributed by atoms with van der Waals surface area (Å²) in [6.45, 7) is 7.24. The summed E-state index contributed by atoms with van der Waals surface area (Å²) in [6.07, 6.45) is 3.27. The molecule has 96 valence electrons. The molecule has 1 atom stereocenters. The Bertz CT molecular complexity index is 290. The van der Waals surface area contributed by atoms with E-state index >= 15 is 0 Å². The quantitative estimate of drug-likeness (QED) is 0.715. The lowest BCUT2D eigenvalue weighted by molar-refractivity contribution is 0.260. The predicted molar refractivity (Wildman–Crippen MR) is 66.9 cm³/mol. The summed E-state index contributed by atoms with van der Waals surface area (Å²) in [7, 11) is -2.98. The number of nitrogens with zero attached hydrogens (tertiary/aromatic N) is 1. The van der Waals surface area contributed by atoms with Crippen molar-refractivity contribution in [3.05, 3.63) is 0 Å². The van der Waals surface area contributed by atoms with Crippen LogP contribution in [-0.4, -0.2) is 44.7 Å². The molecule has 4 nitrogen and oxygen atoms in total. The van der Waals surface area contributed by atoms with Gasteiger partial charge in [-0.2, -0.15) is 0 Å². The second-order valence-electron chi connectivity index (χ2n) is 4.47.